The zero-order valence-corrected chi connectivity index (χ0v) is 24.8. The summed E-state index contributed by atoms with van der Waals surface area (Å²) < 4.78 is 25.6. The molecule has 8 nitrogen and oxygen atoms in total. The topological polar surface area (TPSA) is 92.3 Å². The third-order valence-corrected chi connectivity index (χ3v) is 7.81. The van der Waals surface area contributed by atoms with E-state index < -0.39 is 12.0 Å². The molecule has 2 aromatic heterocycles. The van der Waals surface area contributed by atoms with Crippen LogP contribution in [0, 0.1) is 0 Å². The molecule has 40 heavy (non-hydrogen) atoms. The van der Waals surface area contributed by atoms with E-state index in [1.807, 2.05) is 49.4 Å². The number of hydrogen-bond acceptors (Lipinski definition) is 8. The number of methoxy groups -OCH3 is 1. The fourth-order valence-corrected chi connectivity index (χ4v) is 6.02. The molecular formula is C30H27BrN2O6S. The van der Waals surface area contributed by atoms with Crippen molar-refractivity contribution in [3.63, 3.8) is 0 Å². The van der Waals surface area contributed by atoms with E-state index in [1.165, 1.54) is 15.9 Å². The first-order chi connectivity index (χ1) is 19.3. The van der Waals surface area contributed by atoms with Crippen LogP contribution in [0.25, 0.3) is 17.4 Å². The fraction of sp³-hybridized carbons (Fsp3) is 0.233. The Bertz CT molecular complexity index is 1800. The van der Waals surface area contributed by atoms with E-state index in [1.54, 1.807) is 39.2 Å². The zero-order valence-electron chi connectivity index (χ0n) is 22.4. The highest BCUT2D eigenvalue weighted by Gasteiger charge is 2.34. The van der Waals surface area contributed by atoms with Crippen molar-refractivity contribution in [2.45, 2.75) is 26.8 Å². The molecule has 0 aliphatic carbocycles. The second kappa shape index (κ2) is 11.7. The predicted octanol–water partition coefficient (Wildman–Crippen LogP) is 5.23. The Kier molecular flexibility index (Phi) is 8.09. The van der Waals surface area contributed by atoms with Crippen molar-refractivity contribution in [2.24, 2.45) is 4.99 Å². The number of nitrogens with zero attached hydrogens (tertiary/aromatic N) is 2. The predicted molar refractivity (Wildman–Crippen MR) is 156 cm³/mol. The Balaban J connectivity index is 1.66. The van der Waals surface area contributed by atoms with Crippen LogP contribution < -0.4 is 24.4 Å². The Labute approximate surface area is 243 Å². The molecule has 0 fully saturated rings. The van der Waals surface area contributed by atoms with E-state index in [0.717, 1.165) is 10.0 Å². The normalized spacial score (nSPS) is 15.0. The molecule has 10 heteroatoms. The number of hydrogen-bond donors (Lipinski definition) is 0. The molecule has 0 spiro atoms. The van der Waals surface area contributed by atoms with E-state index in [-0.39, 0.29) is 12.2 Å². The first-order valence-corrected chi connectivity index (χ1v) is 14.3. The first kappa shape index (κ1) is 27.7. The largest absolute Gasteiger partial charge is 0.493 e. The van der Waals surface area contributed by atoms with Gasteiger partial charge in [0.25, 0.3) is 5.56 Å². The lowest BCUT2D eigenvalue weighted by Gasteiger charge is -2.25. The summed E-state index contributed by atoms with van der Waals surface area (Å²) in [5.41, 5.74) is 2.07. The van der Waals surface area contributed by atoms with Gasteiger partial charge >= 0.3 is 5.97 Å². The SMILES string of the molecule is CCOC(=O)C1=C(C)N=c2s/c(=C\c3ccc(-c4cccc(Br)c4)o3)c(=O)n2[C@H]1c1ccc(OC)c(OCC)c1. The number of benzene rings is 2. The van der Waals surface area contributed by atoms with Crippen molar-refractivity contribution in [1.82, 2.24) is 4.57 Å². The van der Waals surface area contributed by atoms with E-state index in [4.69, 9.17) is 18.6 Å². The molecule has 0 unspecified atom stereocenters. The molecule has 4 aromatic rings. The molecular weight excluding hydrogens is 596 g/mol. The van der Waals surface area contributed by atoms with E-state index in [9.17, 15) is 9.59 Å². The van der Waals surface area contributed by atoms with Gasteiger partial charge in [-0.2, -0.15) is 0 Å². The van der Waals surface area contributed by atoms with Crippen molar-refractivity contribution in [2.75, 3.05) is 20.3 Å². The summed E-state index contributed by atoms with van der Waals surface area (Å²) in [7, 11) is 1.56. The first-order valence-electron chi connectivity index (χ1n) is 12.7. The van der Waals surface area contributed by atoms with Crippen molar-refractivity contribution in [3.8, 4) is 22.8 Å². The molecule has 0 radical (unpaired) electrons. The number of halogens is 1. The molecule has 1 aliphatic heterocycles. The van der Waals surface area contributed by atoms with Crippen molar-refractivity contribution < 1.29 is 23.4 Å². The number of ether oxygens (including phenoxy) is 3. The standard InChI is InChI=1S/C30H27BrN2O6S/c1-5-37-24-15-19(10-12-23(24)36-4)27-26(29(35)38-6-2)17(3)32-30-33(27)28(34)25(40-30)16-21-11-13-22(39-21)18-8-7-9-20(31)14-18/h7-16,27H,5-6H2,1-4H3/b25-16-/t27-/m0/s1. The molecule has 0 saturated heterocycles. The molecule has 0 N–H and O–H groups in total. The van der Waals surface area contributed by atoms with Gasteiger partial charge in [0.15, 0.2) is 16.3 Å². The quantitative estimate of drug-likeness (QED) is 0.250. The van der Waals surface area contributed by atoms with Crippen LogP contribution in [0.4, 0.5) is 0 Å². The second-order valence-electron chi connectivity index (χ2n) is 8.86. The van der Waals surface area contributed by atoms with Gasteiger partial charge in [-0.3, -0.25) is 9.36 Å². The summed E-state index contributed by atoms with van der Waals surface area (Å²) in [5.74, 6) is 1.75. The van der Waals surface area contributed by atoms with Gasteiger partial charge in [0.2, 0.25) is 0 Å². The number of thiazole rings is 1. The van der Waals surface area contributed by atoms with Crippen molar-refractivity contribution in [3.05, 3.63) is 101 Å². The Morgan fingerprint density at radius 1 is 1.12 bits per heavy atom. The average Bonchev–Trinajstić information content (AvgIpc) is 3.52. The molecule has 5 rings (SSSR count). The van der Waals surface area contributed by atoms with E-state index in [2.05, 4.69) is 20.9 Å². The monoisotopic (exact) mass is 622 g/mol. The minimum Gasteiger partial charge on any atom is -0.493 e. The minimum atomic E-state index is -0.767. The maximum absolute atomic E-state index is 13.9. The number of allylic oxidation sites excluding steroid dienone is 1. The van der Waals surface area contributed by atoms with Crippen LogP contribution in [0.2, 0.25) is 0 Å². The molecule has 3 heterocycles. The highest BCUT2D eigenvalue weighted by molar-refractivity contribution is 9.10. The second-order valence-corrected chi connectivity index (χ2v) is 10.8. The van der Waals surface area contributed by atoms with Crippen LogP contribution in [0.15, 0.2) is 84.5 Å². The maximum atomic E-state index is 13.9. The third kappa shape index (κ3) is 5.29. The van der Waals surface area contributed by atoms with Crippen LogP contribution in [0.5, 0.6) is 11.5 Å². The number of carbonyl (C=O) groups excluding carboxylic acids is 1. The third-order valence-electron chi connectivity index (χ3n) is 6.33. The number of rotatable bonds is 8. The smallest absolute Gasteiger partial charge is 0.338 e. The summed E-state index contributed by atoms with van der Waals surface area (Å²) in [4.78, 5) is 32.2. The van der Waals surface area contributed by atoms with Gasteiger partial charge in [-0.05, 0) is 62.7 Å². The van der Waals surface area contributed by atoms with Gasteiger partial charge in [0.1, 0.15) is 11.5 Å². The number of fused-ring (bicyclic) bond motifs is 1. The minimum absolute atomic E-state index is 0.193. The lowest BCUT2D eigenvalue weighted by atomic mass is 9.95. The van der Waals surface area contributed by atoms with Gasteiger partial charge < -0.3 is 18.6 Å². The van der Waals surface area contributed by atoms with Crippen LogP contribution in [-0.4, -0.2) is 30.9 Å². The number of carbonyl (C=O) groups is 1. The average molecular weight is 624 g/mol. The van der Waals surface area contributed by atoms with Crippen LogP contribution in [-0.2, 0) is 9.53 Å². The highest BCUT2D eigenvalue weighted by atomic mass is 79.9. The lowest BCUT2D eigenvalue weighted by Crippen LogP contribution is -2.39. The van der Waals surface area contributed by atoms with Crippen LogP contribution in [0.3, 0.4) is 0 Å². The lowest BCUT2D eigenvalue weighted by molar-refractivity contribution is -0.139. The van der Waals surface area contributed by atoms with Gasteiger partial charge in [-0.25, -0.2) is 9.79 Å². The van der Waals surface area contributed by atoms with Crippen LogP contribution in [0.1, 0.15) is 38.1 Å². The Morgan fingerprint density at radius 3 is 2.67 bits per heavy atom. The summed E-state index contributed by atoms with van der Waals surface area (Å²) in [6, 6.07) is 16.1. The molecule has 0 bridgehead atoms. The number of esters is 1. The van der Waals surface area contributed by atoms with Crippen LogP contribution >= 0.6 is 27.3 Å². The van der Waals surface area contributed by atoms with Gasteiger partial charge in [-0.1, -0.05) is 45.5 Å². The highest BCUT2D eigenvalue weighted by Crippen LogP contribution is 2.36. The number of furan rings is 1. The van der Waals surface area contributed by atoms with Gasteiger partial charge in [-0.15, -0.1) is 0 Å². The van der Waals surface area contributed by atoms with E-state index >= 15 is 0 Å². The Morgan fingerprint density at radius 2 is 1.95 bits per heavy atom. The maximum Gasteiger partial charge on any atom is 0.338 e. The zero-order chi connectivity index (χ0) is 28.4. The van der Waals surface area contributed by atoms with Crippen molar-refractivity contribution >= 4 is 39.3 Å². The summed E-state index contributed by atoms with van der Waals surface area (Å²) in [5, 5.41) is 0. The summed E-state index contributed by atoms with van der Waals surface area (Å²) >= 11 is 4.72. The number of aromatic nitrogens is 1. The summed E-state index contributed by atoms with van der Waals surface area (Å²) in [6.45, 7) is 5.98. The van der Waals surface area contributed by atoms with E-state index in [0.29, 0.717) is 55.8 Å². The Hall–Kier alpha value is -3.89. The van der Waals surface area contributed by atoms with Gasteiger partial charge in [0.05, 0.1) is 42.2 Å². The van der Waals surface area contributed by atoms with Crippen molar-refractivity contribution in [1.29, 1.82) is 0 Å². The molecule has 2 aromatic carbocycles. The molecule has 1 atom stereocenters. The molecule has 206 valence electrons. The fourth-order valence-electron chi connectivity index (χ4n) is 4.60. The summed E-state index contributed by atoms with van der Waals surface area (Å²) in [6.07, 6.45) is 1.70. The molecule has 0 saturated carbocycles. The van der Waals surface area contributed by atoms with Gasteiger partial charge in [0, 0.05) is 16.1 Å². The molecule has 0 amide bonds. The molecule has 1 aliphatic rings.